The molecular weight excluding hydrogens is 222 g/mol. The highest BCUT2D eigenvalue weighted by Gasteiger charge is 2.22. The number of amides is 1. The molecule has 0 saturated carbocycles. The van der Waals surface area contributed by atoms with E-state index in [2.05, 4.69) is 0 Å². The second-order valence-electron chi connectivity index (χ2n) is 2.93. The van der Waals surface area contributed by atoms with Crippen LogP contribution in [0.4, 0.5) is 14.5 Å². The van der Waals surface area contributed by atoms with Crippen molar-refractivity contribution in [2.45, 2.75) is 6.04 Å². The van der Waals surface area contributed by atoms with E-state index in [1.54, 1.807) is 0 Å². The van der Waals surface area contributed by atoms with Gasteiger partial charge in [0.15, 0.2) is 6.04 Å². The van der Waals surface area contributed by atoms with E-state index in [9.17, 15) is 18.4 Å². The number of halogens is 2. The molecule has 0 fully saturated rings. The van der Waals surface area contributed by atoms with Crippen LogP contribution in [0.5, 0.6) is 0 Å². The van der Waals surface area contributed by atoms with Crippen molar-refractivity contribution in [2.24, 2.45) is 5.73 Å². The fraction of sp³-hybridized carbons (Fsp3) is 0.111. The van der Waals surface area contributed by atoms with Crippen LogP contribution in [0.1, 0.15) is 0 Å². The molecule has 0 heterocycles. The minimum Gasteiger partial charge on any atom is -0.480 e. The van der Waals surface area contributed by atoms with E-state index in [-0.39, 0.29) is 5.69 Å². The minimum absolute atomic E-state index is 0.330. The summed E-state index contributed by atoms with van der Waals surface area (Å²) in [6, 6.07) is 0.647. The molecule has 1 aromatic carbocycles. The molecule has 1 amide bonds. The van der Waals surface area contributed by atoms with E-state index < -0.39 is 29.6 Å². The minimum atomic E-state index is -1.80. The zero-order chi connectivity index (χ0) is 12.3. The average Bonchev–Trinajstić information content (AvgIpc) is 2.20. The standard InChI is InChI=1S/C9H8F2N2O3/c10-4-1-2-6(5(11)3-4)13-8(14)7(12)9(15)16/h1-3,7H,12H2,(H,13,14)(H,15,16). The lowest BCUT2D eigenvalue weighted by atomic mass is 10.2. The number of carboxylic acids is 1. The predicted octanol–water partition coefficient (Wildman–Crippen LogP) is 0.315. The van der Waals surface area contributed by atoms with Crippen molar-refractivity contribution in [3.63, 3.8) is 0 Å². The number of hydrogen-bond donors (Lipinski definition) is 3. The van der Waals surface area contributed by atoms with Crippen LogP contribution in [0.15, 0.2) is 18.2 Å². The van der Waals surface area contributed by atoms with Crippen LogP contribution in [0, 0.1) is 11.6 Å². The summed E-state index contributed by atoms with van der Waals surface area (Å²) in [5, 5.41) is 10.3. The maximum Gasteiger partial charge on any atom is 0.330 e. The van der Waals surface area contributed by atoms with Gasteiger partial charge >= 0.3 is 5.97 Å². The highest BCUT2D eigenvalue weighted by atomic mass is 19.1. The Morgan fingerprint density at radius 2 is 2.00 bits per heavy atom. The topological polar surface area (TPSA) is 92.4 Å². The molecular formula is C9H8F2N2O3. The molecule has 4 N–H and O–H groups in total. The van der Waals surface area contributed by atoms with Gasteiger partial charge < -0.3 is 16.2 Å². The molecule has 86 valence electrons. The lowest BCUT2D eigenvalue weighted by molar-refractivity contribution is -0.141. The molecule has 0 saturated heterocycles. The Hall–Kier alpha value is -2.02. The number of carbonyl (C=O) groups is 2. The molecule has 7 heteroatoms. The predicted molar refractivity (Wildman–Crippen MR) is 50.6 cm³/mol. The normalized spacial score (nSPS) is 11.9. The average molecular weight is 230 g/mol. The molecule has 16 heavy (non-hydrogen) atoms. The van der Waals surface area contributed by atoms with Crippen molar-refractivity contribution in [1.82, 2.24) is 0 Å². The summed E-state index contributed by atoms with van der Waals surface area (Å²) in [4.78, 5) is 21.4. The van der Waals surface area contributed by atoms with Crippen molar-refractivity contribution in [3.05, 3.63) is 29.8 Å². The van der Waals surface area contributed by atoms with Crippen LogP contribution in [0.2, 0.25) is 0 Å². The third kappa shape index (κ3) is 2.74. The van der Waals surface area contributed by atoms with Gasteiger partial charge in [0, 0.05) is 6.07 Å². The first-order chi connectivity index (χ1) is 7.41. The van der Waals surface area contributed by atoms with Gasteiger partial charge in [-0.05, 0) is 12.1 Å². The summed E-state index contributed by atoms with van der Waals surface area (Å²) in [5.74, 6) is -4.44. The molecule has 1 rings (SSSR count). The number of nitrogens with two attached hydrogens (primary N) is 1. The molecule has 0 aliphatic carbocycles. The molecule has 0 radical (unpaired) electrons. The SMILES string of the molecule is NC(C(=O)O)C(=O)Nc1ccc(F)cc1F. The largest absolute Gasteiger partial charge is 0.480 e. The summed E-state index contributed by atoms with van der Waals surface area (Å²) in [7, 11) is 0. The molecule has 5 nitrogen and oxygen atoms in total. The first kappa shape index (κ1) is 12.1. The van der Waals surface area contributed by atoms with Gasteiger partial charge in [0.1, 0.15) is 11.6 Å². The van der Waals surface area contributed by atoms with Crippen molar-refractivity contribution < 1.29 is 23.5 Å². The molecule has 1 aromatic rings. The van der Waals surface area contributed by atoms with Crippen LogP contribution < -0.4 is 11.1 Å². The highest BCUT2D eigenvalue weighted by Crippen LogP contribution is 2.14. The van der Waals surface area contributed by atoms with Crippen molar-refractivity contribution in [2.75, 3.05) is 5.32 Å². The number of carboxylic acid groups (broad SMARTS) is 1. The number of benzene rings is 1. The van der Waals surface area contributed by atoms with E-state index in [0.29, 0.717) is 6.07 Å². The summed E-state index contributed by atoms with van der Waals surface area (Å²) >= 11 is 0. The quantitative estimate of drug-likeness (QED) is 0.652. The molecule has 1 unspecified atom stereocenters. The maximum absolute atomic E-state index is 13.0. The van der Waals surface area contributed by atoms with Crippen molar-refractivity contribution in [1.29, 1.82) is 0 Å². The first-order valence-corrected chi connectivity index (χ1v) is 4.16. The van der Waals surface area contributed by atoms with Crippen molar-refractivity contribution in [3.8, 4) is 0 Å². The molecule has 0 bridgehead atoms. The van der Waals surface area contributed by atoms with Crippen molar-refractivity contribution >= 4 is 17.6 Å². The third-order valence-corrected chi connectivity index (χ3v) is 1.74. The van der Waals surface area contributed by atoms with E-state index in [4.69, 9.17) is 10.8 Å². The number of rotatable bonds is 3. The third-order valence-electron chi connectivity index (χ3n) is 1.74. The fourth-order valence-corrected chi connectivity index (χ4v) is 0.913. The summed E-state index contributed by atoms with van der Waals surface area (Å²) in [6.07, 6.45) is 0. The van der Waals surface area contributed by atoms with E-state index in [1.807, 2.05) is 5.32 Å². The van der Waals surface area contributed by atoms with Crippen LogP contribution in [-0.2, 0) is 9.59 Å². The van der Waals surface area contributed by atoms with Gasteiger partial charge in [0.25, 0.3) is 5.91 Å². The van der Waals surface area contributed by atoms with Crippen LogP contribution >= 0.6 is 0 Å². The Labute approximate surface area is 88.9 Å². The number of anilines is 1. The molecule has 0 aliphatic rings. The van der Waals surface area contributed by atoms with E-state index in [0.717, 1.165) is 12.1 Å². The smallest absolute Gasteiger partial charge is 0.330 e. The number of nitrogens with one attached hydrogen (secondary N) is 1. The van der Waals surface area contributed by atoms with Crippen LogP contribution in [0.3, 0.4) is 0 Å². The Kier molecular flexibility index (Phi) is 3.51. The van der Waals surface area contributed by atoms with Gasteiger partial charge in [0.2, 0.25) is 0 Å². The zero-order valence-corrected chi connectivity index (χ0v) is 7.91. The maximum atomic E-state index is 13.0. The molecule has 0 aliphatic heterocycles. The number of hydrogen-bond acceptors (Lipinski definition) is 3. The van der Waals surface area contributed by atoms with Crippen LogP contribution in [0.25, 0.3) is 0 Å². The van der Waals surface area contributed by atoms with Crippen LogP contribution in [-0.4, -0.2) is 23.0 Å². The monoisotopic (exact) mass is 230 g/mol. The number of carbonyl (C=O) groups excluding carboxylic acids is 1. The lowest BCUT2D eigenvalue weighted by Gasteiger charge is -2.08. The second kappa shape index (κ2) is 4.67. The Balaban J connectivity index is 2.81. The molecule has 0 spiro atoms. The van der Waals surface area contributed by atoms with Gasteiger partial charge in [-0.15, -0.1) is 0 Å². The zero-order valence-electron chi connectivity index (χ0n) is 7.91. The summed E-state index contributed by atoms with van der Waals surface area (Å²) in [5.41, 5.74) is 4.65. The Morgan fingerprint density at radius 3 is 2.50 bits per heavy atom. The van der Waals surface area contributed by atoms with E-state index >= 15 is 0 Å². The van der Waals surface area contributed by atoms with Gasteiger partial charge in [-0.2, -0.15) is 0 Å². The first-order valence-electron chi connectivity index (χ1n) is 4.16. The van der Waals surface area contributed by atoms with Gasteiger partial charge in [-0.1, -0.05) is 0 Å². The van der Waals surface area contributed by atoms with Gasteiger partial charge in [-0.3, -0.25) is 4.79 Å². The summed E-state index contributed by atoms with van der Waals surface area (Å²) < 4.78 is 25.5. The fourth-order valence-electron chi connectivity index (χ4n) is 0.913. The van der Waals surface area contributed by atoms with E-state index in [1.165, 1.54) is 0 Å². The van der Waals surface area contributed by atoms with Gasteiger partial charge in [0.05, 0.1) is 5.69 Å². The lowest BCUT2D eigenvalue weighted by Crippen LogP contribution is -2.42. The number of aliphatic carboxylic acids is 1. The highest BCUT2D eigenvalue weighted by molar-refractivity contribution is 6.07. The second-order valence-corrected chi connectivity index (χ2v) is 2.93. The Bertz CT molecular complexity index is 437. The molecule has 0 aromatic heterocycles. The van der Waals surface area contributed by atoms with Gasteiger partial charge in [-0.25, -0.2) is 13.6 Å². The summed E-state index contributed by atoms with van der Waals surface area (Å²) in [6.45, 7) is 0. The molecule has 1 atom stereocenters. The Morgan fingerprint density at radius 1 is 1.38 bits per heavy atom.